The van der Waals surface area contributed by atoms with Gasteiger partial charge in [-0.1, -0.05) is 25.3 Å². The summed E-state index contributed by atoms with van der Waals surface area (Å²) in [5.41, 5.74) is 4.34. The molecule has 0 fully saturated rings. The molecule has 0 heterocycles. The highest BCUT2D eigenvalue weighted by atomic mass is 32.1. The van der Waals surface area contributed by atoms with Crippen molar-refractivity contribution in [1.29, 1.82) is 0 Å². The van der Waals surface area contributed by atoms with Crippen molar-refractivity contribution < 1.29 is 14.7 Å². The number of rotatable bonds is 0. The molecular weight excluding hydrogens is 150 g/mol. The van der Waals surface area contributed by atoms with Gasteiger partial charge in [-0.25, -0.2) is 4.79 Å². The van der Waals surface area contributed by atoms with Crippen molar-refractivity contribution >= 4 is 35.8 Å². The third kappa shape index (κ3) is 937. The van der Waals surface area contributed by atoms with E-state index in [4.69, 9.17) is 14.7 Å². The topological polar surface area (TPSA) is 80.4 Å². The number of nitrogens with two attached hydrogens (primary N) is 1. The zero-order chi connectivity index (χ0) is 7.15. The highest BCUT2D eigenvalue weighted by Gasteiger charge is 1.67. The van der Waals surface area contributed by atoms with Crippen LogP contribution in [0.1, 0.15) is 0 Å². The molecule has 0 saturated heterocycles. The van der Waals surface area contributed by atoms with Gasteiger partial charge < -0.3 is 10.8 Å². The van der Waals surface area contributed by atoms with Crippen LogP contribution < -0.4 is 5.73 Å². The molecule has 1 amide bonds. The zero-order valence-electron chi connectivity index (χ0n) is 3.74. The first kappa shape index (κ1) is 10.6. The monoisotopic (exact) mass is 155 g/mol. The molecule has 0 radical (unpaired) electrons. The maximum absolute atomic E-state index is 9.09. The van der Waals surface area contributed by atoms with Gasteiger partial charge in [0.1, 0.15) is 0 Å². The number of carbonyl (C=O) groups is 2. The van der Waals surface area contributed by atoms with E-state index in [1.807, 2.05) is 0 Å². The van der Waals surface area contributed by atoms with E-state index >= 15 is 0 Å². The summed E-state index contributed by atoms with van der Waals surface area (Å²) in [5, 5.41) is 5.50. The third-order valence-corrected chi connectivity index (χ3v) is 0. The van der Waals surface area contributed by atoms with Gasteiger partial charge in [-0.2, -0.15) is 0 Å². The molecule has 0 aliphatic carbocycles. The molecule has 0 spiro atoms. The van der Waals surface area contributed by atoms with Gasteiger partial charge in [0.15, 0.2) is 0 Å². The van der Waals surface area contributed by atoms with E-state index in [-0.39, 0.29) is 0 Å². The van der Waals surface area contributed by atoms with Gasteiger partial charge in [0.25, 0.3) is 5.24 Å². The van der Waals surface area contributed by atoms with Gasteiger partial charge in [-0.05, 0) is 0 Å². The Hall–Kier alpha value is -0.360. The summed E-state index contributed by atoms with van der Waals surface area (Å²) in [4.78, 5) is 18.0. The van der Waals surface area contributed by atoms with Gasteiger partial charge in [0.2, 0.25) is 0 Å². The van der Waals surface area contributed by atoms with E-state index in [0.29, 0.717) is 0 Å². The number of hydrogen-bond acceptors (Lipinski definition) is 2. The first-order chi connectivity index (χ1) is 3.46. The van der Waals surface area contributed by atoms with Crippen LogP contribution in [0.25, 0.3) is 0 Å². The zero-order valence-corrected chi connectivity index (χ0v) is 5.52. The lowest BCUT2D eigenvalue weighted by molar-refractivity contribution is 0.222. The van der Waals surface area contributed by atoms with Gasteiger partial charge in [0, 0.05) is 0 Å². The minimum absolute atomic E-state index is 0.639. The van der Waals surface area contributed by atoms with E-state index in [1.54, 1.807) is 0 Å². The fraction of sp³-hybridized carbons (Fsp3) is 0. The highest BCUT2D eigenvalue weighted by Crippen LogP contribution is 1.66. The molecule has 0 aromatic carbocycles. The van der Waals surface area contributed by atoms with E-state index in [1.165, 1.54) is 0 Å². The molecule has 48 valence electrons. The Labute approximate surface area is 56.9 Å². The van der Waals surface area contributed by atoms with Crippen LogP contribution in [0.2, 0.25) is 0 Å². The maximum atomic E-state index is 9.09. The van der Waals surface area contributed by atoms with Gasteiger partial charge in [-0.15, -0.1) is 0 Å². The lowest BCUT2D eigenvalue weighted by atomic mass is 11.5. The Kier molecular flexibility index (Phi) is 8.79. The number of primary amides is 1. The van der Waals surface area contributed by atoms with E-state index in [2.05, 4.69) is 31.0 Å². The van der Waals surface area contributed by atoms with Crippen molar-refractivity contribution in [2.24, 2.45) is 5.73 Å². The molecule has 0 atom stereocenters. The Morgan fingerprint density at radius 2 is 1.38 bits per heavy atom. The fourth-order valence-electron chi connectivity index (χ4n) is 0. The summed E-state index contributed by atoms with van der Waals surface area (Å²) < 4.78 is 0. The Morgan fingerprint density at radius 3 is 1.38 bits per heavy atom. The molecule has 0 aliphatic heterocycles. The second kappa shape index (κ2) is 6.64. The van der Waals surface area contributed by atoms with Gasteiger partial charge in [-0.3, -0.25) is 4.79 Å². The molecule has 0 aliphatic rings. The van der Waals surface area contributed by atoms with Crippen molar-refractivity contribution in [3.8, 4) is 0 Å². The summed E-state index contributed by atoms with van der Waals surface area (Å²) in [7, 11) is 0. The number of carboxylic acid groups (broad SMARTS) is 1. The molecular formula is C2H5NO3S2. The molecule has 0 aromatic heterocycles. The largest absolute Gasteiger partial charge is 0.473 e. The summed E-state index contributed by atoms with van der Waals surface area (Å²) in [5.74, 6) is 0. The molecule has 0 rings (SSSR count). The summed E-state index contributed by atoms with van der Waals surface area (Å²) in [6, 6.07) is 0. The van der Waals surface area contributed by atoms with Crippen LogP contribution in [-0.4, -0.2) is 15.6 Å². The van der Waals surface area contributed by atoms with Crippen LogP contribution >= 0.6 is 25.3 Å². The first-order valence-corrected chi connectivity index (χ1v) is 2.26. The molecule has 6 heteroatoms. The predicted octanol–water partition coefficient (Wildman–Crippen LogP) is 0.589. The van der Waals surface area contributed by atoms with E-state index in [0.717, 1.165) is 0 Å². The van der Waals surface area contributed by atoms with Crippen molar-refractivity contribution in [3.63, 3.8) is 0 Å². The first-order valence-electron chi connectivity index (χ1n) is 1.37. The lowest BCUT2D eigenvalue weighted by Crippen LogP contribution is -1.95. The van der Waals surface area contributed by atoms with Crippen molar-refractivity contribution in [2.45, 2.75) is 0 Å². The molecule has 3 N–H and O–H groups in total. The minimum atomic E-state index is -1.14. The number of hydrogen-bond donors (Lipinski definition) is 4. The second-order valence-corrected chi connectivity index (χ2v) is 1.44. The quantitative estimate of drug-likeness (QED) is 0.386. The van der Waals surface area contributed by atoms with E-state index in [9.17, 15) is 0 Å². The molecule has 0 unspecified atom stereocenters. The Bertz CT molecular complexity index is 73.3. The van der Waals surface area contributed by atoms with Crippen molar-refractivity contribution in [2.75, 3.05) is 0 Å². The summed E-state index contributed by atoms with van der Waals surface area (Å²) >= 11 is 5.99. The van der Waals surface area contributed by atoms with Crippen LogP contribution in [0.5, 0.6) is 0 Å². The van der Waals surface area contributed by atoms with Crippen LogP contribution in [0, 0.1) is 0 Å². The lowest BCUT2D eigenvalue weighted by Gasteiger charge is -1.58. The molecule has 0 bridgehead atoms. The molecule has 0 aromatic rings. The Morgan fingerprint density at radius 1 is 1.38 bits per heavy atom. The van der Waals surface area contributed by atoms with Gasteiger partial charge >= 0.3 is 5.30 Å². The standard InChI is InChI=1S/CH3NOS.CH2O2S/c2*2-1(3)4/h(H3,2,3,4);4H,(H,2,3). The third-order valence-electron chi connectivity index (χ3n) is 0. The highest BCUT2D eigenvalue weighted by molar-refractivity contribution is 7.96. The van der Waals surface area contributed by atoms with Crippen molar-refractivity contribution in [1.82, 2.24) is 0 Å². The molecule has 0 saturated carbocycles. The smallest absolute Gasteiger partial charge is 0.361 e. The SMILES string of the molecule is NC(=O)S.O=C(O)S. The van der Waals surface area contributed by atoms with E-state index < -0.39 is 10.5 Å². The van der Waals surface area contributed by atoms with Crippen LogP contribution in [0.4, 0.5) is 9.59 Å². The van der Waals surface area contributed by atoms with Gasteiger partial charge in [0.05, 0.1) is 0 Å². The van der Waals surface area contributed by atoms with Crippen LogP contribution in [0.3, 0.4) is 0 Å². The molecule has 4 nitrogen and oxygen atoms in total. The summed E-state index contributed by atoms with van der Waals surface area (Å²) in [6.07, 6.45) is 0. The predicted molar refractivity (Wildman–Crippen MR) is 35.6 cm³/mol. The number of amides is 1. The Balaban J connectivity index is 0. The van der Waals surface area contributed by atoms with Crippen molar-refractivity contribution in [3.05, 3.63) is 0 Å². The summed E-state index contributed by atoms with van der Waals surface area (Å²) in [6.45, 7) is 0. The average molecular weight is 155 g/mol. The minimum Gasteiger partial charge on any atom is -0.473 e. The number of thiol groups is 2. The normalized spacial score (nSPS) is 6.25. The van der Waals surface area contributed by atoms with Crippen LogP contribution in [-0.2, 0) is 0 Å². The fourth-order valence-corrected chi connectivity index (χ4v) is 0. The number of carbonyl (C=O) groups excluding carboxylic acids is 1. The average Bonchev–Trinajstić information content (AvgIpc) is 1.25. The maximum Gasteiger partial charge on any atom is 0.361 e. The van der Waals surface area contributed by atoms with Crippen LogP contribution in [0.15, 0.2) is 0 Å². The molecule has 8 heavy (non-hydrogen) atoms. The second-order valence-electron chi connectivity index (χ2n) is 0.621.